The maximum atomic E-state index is 2.44. The zero-order valence-corrected chi connectivity index (χ0v) is 20.1. The van der Waals surface area contributed by atoms with E-state index in [0.29, 0.717) is 0 Å². The fourth-order valence-corrected chi connectivity index (χ4v) is 6.29. The van der Waals surface area contributed by atoms with Crippen LogP contribution in [-0.4, -0.2) is 0 Å². The first-order valence-corrected chi connectivity index (χ1v) is 12.7. The predicted molar refractivity (Wildman–Crippen MR) is 150 cm³/mol. The number of benzene rings is 6. The number of hydrogen-bond donors (Lipinski definition) is 0. The summed E-state index contributed by atoms with van der Waals surface area (Å²) in [6.45, 7) is 0. The first-order valence-electron chi connectivity index (χ1n) is 12.7. The number of rotatable bonds is 4. The van der Waals surface area contributed by atoms with E-state index in [1.165, 1.54) is 55.3 Å². The molecule has 0 amide bonds. The first kappa shape index (κ1) is 20.9. The van der Waals surface area contributed by atoms with Crippen molar-refractivity contribution < 1.29 is 0 Å². The van der Waals surface area contributed by atoms with E-state index in [4.69, 9.17) is 0 Å². The lowest BCUT2D eigenvalue weighted by atomic mass is 9.67. The summed E-state index contributed by atoms with van der Waals surface area (Å²) >= 11 is 0. The molecule has 0 N–H and O–H groups in total. The van der Waals surface area contributed by atoms with Crippen molar-refractivity contribution in [3.8, 4) is 11.1 Å². The van der Waals surface area contributed by atoms with Crippen molar-refractivity contribution in [2.45, 2.75) is 11.8 Å². The van der Waals surface area contributed by atoms with Gasteiger partial charge in [-0.15, -0.1) is 0 Å². The quantitative estimate of drug-likeness (QED) is 0.247. The highest BCUT2D eigenvalue weighted by Gasteiger charge is 2.45. The van der Waals surface area contributed by atoms with Crippen molar-refractivity contribution >= 4 is 10.8 Å². The van der Waals surface area contributed by atoms with Gasteiger partial charge in [0.2, 0.25) is 0 Å². The second kappa shape index (κ2) is 8.36. The molecule has 1 aliphatic carbocycles. The van der Waals surface area contributed by atoms with E-state index in [2.05, 4.69) is 146 Å². The molecule has 0 aliphatic heterocycles. The van der Waals surface area contributed by atoms with Crippen LogP contribution in [0.5, 0.6) is 0 Å². The van der Waals surface area contributed by atoms with E-state index in [9.17, 15) is 0 Å². The molecule has 0 atom stereocenters. The van der Waals surface area contributed by atoms with E-state index in [0.717, 1.165) is 6.42 Å². The minimum absolute atomic E-state index is 0.344. The smallest absolute Gasteiger partial charge is 0.0622 e. The normalized spacial score (nSPS) is 13.3. The van der Waals surface area contributed by atoms with Crippen molar-refractivity contribution in [3.05, 3.63) is 179 Å². The Balaban J connectivity index is 1.46. The Morgan fingerprint density at radius 1 is 0.444 bits per heavy atom. The van der Waals surface area contributed by atoms with Gasteiger partial charge in [-0.25, -0.2) is 0 Å². The molecule has 0 radical (unpaired) electrons. The van der Waals surface area contributed by atoms with Crippen molar-refractivity contribution in [1.82, 2.24) is 0 Å². The Labute approximate surface area is 212 Å². The molecular formula is C36H26. The molecule has 0 fully saturated rings. The lowest BCUT2D eigenvalue weighted by Crippen LogP contribution is -2.28. The highest BCUT2D eigenvalue weighted by Crippen LogP contribution is 2.55. The summed E-state index contributed by atoms with van der Waals surface area (Å²) in [6.07, 6.45) is 0.906. The lowest BCUT2D eigenvalue weighted by Gasteiger charge is -2.34. The van der Waals surface area contributed by atoms with Gasteiger partial charge in [0.25, 0.3) is 0 Å². The van der Waals surface area contributed by atoms with E-state index in [-0.39, 0.29) is 5.41 Å². The van der Waals surface area contributed by atoms with Gasteiger partial charge >= 0.3 is 0 Å². The molecule has 170 valence electrons. The van der Waals surface area contributed by atoms with Crippen LogP contribution < -0.4 is 0 Å². The molecular weight excluding hydrogens is 432 g/mol. The Morgan fingerprint density at radius 2 is 1.03 bits per heavy atom. The third-order valence-electron chi connectivity index (χ3n) is 7.79. The van der Waals surface area contributed by atoms with Gasteiger partial charge in [0.05, 0.1) is 5.41 Å². The molecule has 6 aromatic carbocycles. The van der Waals surface area contributed by atoms with Gasteiger partial charge in [0.15, 0.2) is 0 Å². The van der Waals surface area contributed by atoms with Gasteiger partial charge in [-0.1, -0.05) is 146 Å². The Hall–Kier alpha value is -4.42. The minimum Gasteiger partial charge on any atom is -0.0622 e. The standard InChI is InChI=1S/C36H26/c1-2-16-29(17-3-1)36(34-22-8-6-20-32(34)33-21-7-9-23-35(33)36)30-18-10-12-26(25-30)24-28-15-11-14-27-13-4-5-19-31(27)28/h1-23,25H,24H2. The second-order valence-corrected chi connectivity index (χ2v) is 9.72. The van der Waals surface area contributed by atoms with Crippen LogP contribution in [0.25, 0.3) is 21.9 Å². The van der Waals surface area contributed by atoms with Crippen LogP contribution in [0.1, 0.15) is 33.4 Å². The lowest BCUT2D eigenvalue weighted by molar-refractivity contribution is 0.766. The van der Waals surface area contributed by atoms with Crippen LogP contribution in [0, 0.1) is 0 Å². The summed E-state index contributed by atoms with van der Waals surface area (Å²) in [5, 5.41) is 2.63. The summed E-state index contributed by atoms with van der Waals surface area (Å²) in [4.78, 5) is 0. The van der Waals surface area contributed by atoms with Gasteiger partial charge in [-0.3, -0.25) is 0 Å². The summed E-state index contributed by atoms with van der Waals surface area (Å²) in [5.41, 5.74) is 10.4. The first-order chi connectivity index (χ1) is 17.9. The van der Waals surface area contributed by atoms with Crippen LogP contribution in [0.2, 0.25) is 0 Å². The fraction of sp³-hybridized carbons (Fsp3) is 0.0556. The molecule has 0 saturated carbocycles. The molecule has 7 rings (SSSR count). The molecule has 0 unspecified atom stereocenters. The molecule has 0 aromatic heterocycles. The molecule has 0 bridgehead atoms. The van der Waals surface area contributed by atoms with Gasteiger partial charge in [-0.2, -0.15) is 0 Å². The summed E-state index contributed by atoms with van der Waals surface area (Å²) in [7, 11) is 0. The average molecular weight is 459 g/mol. The molecule has 1 aliphatic rings. The highest BCUT2D eigenvalue weighted by atomic mass is 14.5. The molecule has 0 spiro atoms. The maximum Gasteiger partial charge on any atom is 0.0713 e. The Bertz CT molecular complexity index is 1660. The van der Waals surface area contributed by atoms with Crippen LogP contribution in [0.3, 0.4) is 0 Å². The van der Waals surface area contributed by atoms with Crippen molar-refractivity contribution in [2.75, 3.05) is 0 Å². The van der Waals surface area contributed by atoms with E-state index in [1.54, 1.807) is 0 Å². The van der Waals surface area contributed by atoms with E-state index >= 15 is 0 Å². The summed E-state index contributed by atoms with van der Waals surface area (Å²) < 4.78 is 0. The van der Waals surface area contributed by atoms with Crippen molar-refractivity contribution in [1.29, 1.82) is 0 Å². The summed E-state index contributed by atoms with van der Waals surface area (Å²) in [6, 6.07) is 53.5. The average Bonchev–Trinajstić information content (AvgIpc) is 3.25. The SMILES string of the molecule is c1ccc(C2(c3cccc(Cc4cccc5ccccc45)c3)c3ccccc3-c3ccccc32)cc1. The molecule has 0 nitrogen and oxygen atoms in total. The number of fused-ring (bicyclic) bond motifs is 4. The molecule has 0 heteroatoms. The number of hydrogen-bond acceptors (Lipinski definition) is 0. The Kier molecular flexibility index (Phi) is 4.85. The molecule has 0 heterocycles. The second-order valence-electron chi connectivity index (χ2n) is 9.72. The largest absolute Gasteiger partial charge is 0.0713 e. The van der Waals surface area contributed by atoms with Gasteiger partial charge in [-0.05, 0) is 61.7 Å². The summed E-state index contributed by atoms with van der Waals surface area (Å²) in [5.74, 6) is 0. The monoisotopic (exact) mass is 458 g/mol. The Morgan fingerprint density at radius 3 is 1.81 bits per heavy atom. The highest BCUT2D eigenvalue weighted by molar-refractivity contribution is 5.87. The van der Waals surface area contributed by atoms with Crippen molar-refractivity contribution in [2.24, 2.45) is 0 Å². The van der Waals surface area contributed by atoms with Crippen LogP contribution in [0.15, 0.2) is 146 Å². The third-order valence-corrected chi connectivity index (χ3v) is 7.79. The molecule has 0 saturated heterocycles. The van der Waals surface area contributed by atoms with E-state index < -0.39 is 0 Å². The van der Waals surface area contributed by atoms with E-state index in [1.807, 2.05) is 0 Å². The van der Waals surface area contributed by atoms with Crippen LogP contribution in [0.4, 0.5) is 0 Å². The van der Waals surface area contributed by atoms with Crippen molar-refractivity contribution in [3.63, 3.8) is 0 Å². The molecule has 36 heavy (non-hydrogen) atoms. The predicted octanol–water partition coefficient (Wildman–Crippen LogP) is 8.79. The topological polar surface area (TPSA) is 0 Å². The zero-order valence-electron chi connectivity index (χ0n) is 20.1. The maximum absolute atomic E-state index is 2.44. The van der Waals surface area contributed by atoms with Crippen LogP contribution in [-0.2, 0) is 11.8 Å². The zero-order chi connectivity index (χ0) is 24.0. The third kappa shape index (κ3) is 3.08. The van der Waals surface area contributed by atoms with Gasteiger partial charge in [0.1, 0.15) is 0 Å². The van der Waals surface area contributed by atoms with Gasteiger partial charge in [0, 0.05) is 0 Å². The minimum atomic E-state index is -0.344. The fourth-order valence-electron chi connectivity index (χ4n) is 6.29. The van der Waals surface area contributed by atoms with Crippen LogP contribution >= 0.6 is 0 Å². The molecule has 6 aromatic rings. The van der Waals surface area contributed by atoms with Gasteiger partial charge < -0.3 is 0 Å².